The third-order valence-corrected chi connectivity index (χ3v) is 6.05. The summed E-state index contributed by atoms with van der Waals surface area (Å²) >= 11 is 0. The van der Waals surface area contributed by atoms with E-state index in [-0.39, 0.29) is 30.8 Å². The minimum Gasteiger partial charge on any atom is -0.394 e. The van der Waals surface area contributed by atoms with Crippen LogP contribution in [0.25, 0.3) is 5.57 Å². The molecule has 0 fully saturated rings. The molecule has 3 rings (SSSR count). The van der Waals surface area contributed by atoms with Gasteiger partial charge in [-0.25, -0.2) is 0 Å². The molecule has 0 radical (unpaired) electrons. The summed E-state index contributed by atoms with van der Waals surface area (Å²) in [6, 6.07) is 28.8. The Hall–Kier alpha value is -3.70. The van der Waals surface area contributed by atoms with Crippen LogP contribution >= 0.6 is 0 Å². The highest BCUT2D eigenvalue weighted by molar-refractivity contribution is 5.88. The number of benzene rings is 3. The highest BCUT2D eigenvalue weighted by Crippen LogP contribution is 2.24. The van der Waals surface area contributed by atoms with Gasteiger partial charge in [0.05, 0.1) is 12.6 Å². The van der Waals surface area contributed by atoms with Crippen molar-refractivity contribution in [2.45, 2.75) is 45.2 Å². The molecule has 0 bridgehead atoms. The average Bonchev–Trinajstić information content (AvgIpc) is 2.90. The Morgan fingerprint density at radius 2 is 1.33 bits per heavy atom. The van der Waals surface area contributed by atoms with Crippen LogP contribution in [0.3, 0.4) is 0 Å². The minimum atomic E-state index is -0.672. The second-order valence-corrected chi connectivity index (χ2v) is 9.26. The molecule has 0 unspecified atom stereocenters. The first-order valence-corrected chi connectivity index (χ1v) is 12.5. The van der Waals surface area contributed by atoms with E-state index in [9.17, 15) is 14.7 Å². The van der Waals surface area contributed by atoms with Crippen LogP contribution in [0.15, 0.2) is 97.1 Å². The number of nitrogens with one attached hydrogen (secondary N) is 2. The van der Waals surface area contributed by atoms with Crippen LogP contribution in [0.2, 0.25) is 0 Å². The molecule has 5 nitrogen and oxygen atoms in total. The van der Waals surface area contributed by atoms with Gasteiger partial charge < -0.3 is 15.7 Å². The van der Waals surface area contributed by atoms with E-state index in [0.717, 1.165) is 22.3 Å². The van der Waals surface area contributed by atoms with E-state index in [1.165, 1.54) is 0 Å². The van der Waals surface area contributed by atoms with Crippen molar-refractivity contribution in [2.75, 3.05) is 6.61 Å². The van der Waals surface area contributed by atoms with Crippen molar-refractivity contribution < 1.29 is 14.7 Å². The van der Waals surface area contributed by atoms with Crippen molar-refractivity contribution in [1.29, 1.82) is 0 Å². The zero-order valence-corrected chi connectivity index (χ0v) is 21.1. The van der Waals surface area contributed by atoms with Crippen LogP contribution in [0.4, 0.5) is 0 Å². The summed E-state index contributed by atoms with van der Waals surface area (Å²) in [5.41, 5.74) is 4.30. The number of carbonyl (C=O) groups excluding carboxylic acids is 2. The van der Waals surface area contributed by atoms with Crippen molar-refractivity contribution in [3.05, 3.63) is 114 Å². The summed E-state index contributed by atoms with van der Waals surface area (Å²) in [5, 5.41) is 15.6. The van der Waals surface area contributed by atoms with Crippen molar-refractivity contribution >= 4 is 17.4 Å². The first kappa shape index (κ1) is 26.9. The van der Waals surface area contributed by atoms with Gasteiger partial charge in [0, 0.05) is 6.42 Å². The monoisotopic (exact) mass is 484 g/mol. The van der Waals surface area contributed by atoms with Gasteiger partial charge in [0.2, 0.25) is 11.8 Å². The van der Waals surface area contributed by atoms with Crippen LogP contribution < -0.4 is 10.6 Å². The Balaban J connectivity index is 1.61. The maximum absolute atomic E-state index is 13.0. The van der Waals surface area contributed by atoms with Crippen LogP contribution in [-0.2, 0) is 16.0 Å². The number of aliphatic hydroxyl groups is 1. The van der Waals surface area contributed by atoms with E-state index < -0.39 is 12.1 Å². The molecule has 3 N–H and O–H groups in total. The highest BCUT2D eigenvalue weighted by Gasteiger charge is 2.26. The lowest BCUT2D eigenvalue weighted by molar-refractivity contribution is -0.130. The molecule has 0 spiro atoms. The molecule has 0 aromatic heterocycles. The molecule has 188 valence electrons. The minimum absolute atomic E-state index is 0.0928. The van der Waals surface area contributed by atoms with Crippen molar-refractivity contribution in [3.63, 3.8) is 0 Å². The fourth-order valence-corrected chi connectivity index (χ4v) is 4.12. The van der Waals surface area contributed by atoms with Crippen LogP contribution in [0, 0.1) is 5.92 Å². The van der Waals surface area contributed by atoms with E-state index in [2.05, 4.69) is 41.0 Å². The molecule has 2 amide bonds. The lowest BCUT2D eigenvalue weighted by Crippen LogP contribution is -2.53. The first-order valence-electron chi connectivity index (χ1n) is 12.5. The Kier molecular flexibility index (Phi) is 10.5. The van der Waals surface area contributed by atoms with Gasteiger partial charge in [-0.2, -0.15) is 0 Å². The third kappa shape index (κ3) is 8.21. The second-order valence-electron chi connectivity index (χ2n) is 9.26. The van der Waals surface area contributed by atoms with Crippen molar-refractivity contribution in [1.82, 2.24) is 10.6 Å². The smallest absolute Gasteiger partial charge is 0.243 e. The van der Waals surface area contributed by atoms with Gasteiger partial charge in [0.15, 0.2) is 0 Å². The zero-order valence-electron chi connectivity index (χ0n) is 21.1. The quantitative estimate of drug-likeness (QED) is 0.347. The van der Waals surface area contributed by atoms with E-state index in [1.54, 1.807) is 0 Å². The van der Waals surface area contributed by atoms with Crippen molar-refractivity contribution in [3.8, 4) is 0 Å². The number of hydrogen-bond acceptors (Lipinski definition) is 3. The maximum Gasteiger partial charge on any atom is 0.243 e. The second kappa shape index (κ2) is 14.0. The molecule has 2 atom stereocenters. The molecular formula is C31H36N2O3. The van der Waals surface area contributed by atoms with Crippen LogP contribution in [0.1, 0.15) is 43.4 Å². The fourth-order valence-electron chi connectivity index (χ4n) is 4.12. The number of carbonyl (C=O) groups is 2. The molecule has 36 heavy (non-hydrogen) atoms. The molecule has 3 aromatic carbocycles. The zero-order chi connectivity index (χ0) is 25.8. The van der Waals surface area contributed by atoms with Crippen LogP contribution in [0.5, 0.6) is 0 Å². The largest absolute Gasteiger partial charge is 0.394 e. The Labute approximate surface area is 214 Å². The summed E-state index contributed by atoms with van der Waals surface area (Å²) in [6.07, 6.45) is 3.42. The Morgan fingerprint density at radius 1 is 0.806 bits per heavy atom. The number of rotatable bonds is 12. The fraction of sp³-hybridized carbons (Fsp3) is 0.290. The summed E-state index contributed by atoms with van der Waals surface area (Å²) in [4.78, 5) is 25.8. The third-order valence-electron chi connectivity index (χ3n) is 6.05. The summed E-state index contributed by atoms with van der Waals surface area (Å²) in [6.45, 7) is 3.63. The summed E-state index contributed by atoms with van der Waals surface area (Å²) < 4.78 is 0. The van der Waals surface area contributed by atoms with Crippen molar-refractivity contribution in [2.24, 2.45) is 5.92 Å². The molecule has 0 aliphatic rings. The molecule has 0 saturated heterocycles. The molecule has 0 aliphatic heterocycles. The molecular weight excluding hydrogens is 448 g/mol. The molecule has 0 aliphatic carbocycles. The first-order chi connectivity index (χ1) is 17.5. The van der Waals surface area contributed by atoms with Gasteiger partial charge >= 0.3 is 0 Å². The van der Waals surface area contributed by atoms with Gasteiger partial charge in [0.1, 0.15) is 6.04 Å². The highest BCUT2D eigenvalue weighted by atomic mass is 16.3. The maximum atomic E-state index is 13.0. The normalized spacial score (nSPS) is 12.4. The lowest BCUT2D eigenvalue weighted by Gasteiger charge is -2.25. The lowest BCUT2D eigenvalue weighted by atomic mass is 9.96. The molecule has 3 aromatic rings. The Bertz CT molecular complexity index is 1070. The average molecular weight is 485 g/mol. The Morgan fingerprint density at radius 3 is 1.83 bits per heavy atom. The topological polar surface area (TPSA) is 78.4 Å². The number of hydrogen-bond donors (Lipinski definition) is 3. The number of amides is 2. The van der Waals surface area contributed by atoms with Gasteiger partial charge in [-0.15, -0.1) is 0 Å². The predicted molar refractivity (Wildman–Crippen MR) is 145 cm³/mol. The van der Waals surface area contributed by atoms with E-state index in [4.69, 9.17) is 0 Å². The van der Waals surface area contributed by atoms with E-state index >= 15 is 0 Å². The van der Waals surface area contributed by atoms with Gasteiger partial charge in [-0.1, -0.05) is 111 Å². The molecule has 0 saturated carbocycles. The molecule has 0 heterocycles. The van der Waals surface area contributed by atoms with Gasteiger partial charge in [-0.05, 0) is 41.0 Å². The SMILES string of the molecule is CC(C)[C@H](NC(=O)CCC=C(c1ccccc1)c1ccccc1)C(=O)N[C@H](CO)Cc1ccccc1. The molecule has 5 heteroatoms. The summed E-state index contributed by atoms with van der Waals surface area (Å²) in [5.74, 6) is -0.549. The summed E-state index contributed by atoms with van der Waals surface area (Å²) in [7, 11) is 0. The van der Waals surface area contributed by atoms with Crippen LogP contribution in [-0.4, -0.2) is 35.6 Å². The number of allylic oxidation sites excluding steroid dienone is 1. The van der Waals surface area contributed by atoms with E-state index in [0.29, 0.717) is 12.8 Å². The van der Waals surface area contributed by atoms with E-state index in [1.807, 2.05) is 80.6 Å². The number of aliphatic hydroxyl groups excluding tert-OH is 1. The van der Waals surface area contributed by atoms with Gasteiger partial charge in [-0.3, -0.25) is 9.59 Å². The standard InChI is InChI=1S/C31H36N2O3/c1-23(2)30(31(36)32-27(22-34)21-24-13-6-3-7-14-24)33-29(35)20-12-19-28(25-15-8-4-9-16-25)26-17-10-5-11-18-26/h3-11,13-19,23,27,30,34H,12,20-22H2,1-2H3,(H,32,36)(H,33,35)/t27-,30-/m0/s1. The van der Waals surface area contributed by atoms with Gasteiger partial charge in [0.25, 0.3) is 0 Å². The predicted octanol–water partition coefficient (Wildman–Crippen LogP) is 4.76.